The first-order valence-electron chi connectivity index (χ1n) is 17.4. The van der Waals surface area contributed by atoms with Crippen molar-refractivity contribution in [2.45, 2.75) is 58.6 Å². The van der Waals surface area contributed by atoms with E-state index in [0.29, 0.717) is 20.9 Å². The van der Waals surface area contributed by atoms with Crippen molar-refractivity contribution >= 4 is 77.4 Å². The van der Waals surface area contributed by atoms with Crippen LogP contribution in [0.3, 0.4) is 0 Å². The zero-order valence-electron chi connectivity index (χ0n) is 29.1. The summed E-state index contributed by atoms with van der Waals surface area (Å²) in [5, 5.41) is 3.95. The van der Waals surface area contributed by atoms with E-state index in [4.69, 9.17) is 0 Å². The minimum Gasteiger partial charge on any atom is -0.341 e. The van der Waals surface area contributed by atoms with Crippen molar-refractivity contribution in [1.82, 2.24) is 9.13 Å². The Morgan fingerprint density at radius 1 is 0.491 bits per heavy atom. The molecular weight excluding hydrogens is 723 g/mol. The number of hydrogen-bond acceptors (Lipinski definition) is 2. The van der Waals surface area contributed by atoms with Crippen LogP contribution < -0.4 is 0 Å². The zero-order chi connectivity index (χ0) is 37.2. The molecule has 2 nitrogen and oxygen atoms in total. The predicted octanol–water partition coefficient (Wildman–Crippen LogP) is 13.8. The highest BCUT2D eigenvalue weighted by Gasteiger charge is 2.80. The smallest absolute Gasteiger partial charge is 0.341 e. The van der Waals surface area contributed by atoms with Crippen molar-refractivity contribution < 1.29 is 26.3 Å². The normalized spacial score (nSPS) is 16.6. The van der Waals surface area contributed by atoms with Crippen LogP contribution in [0.5, 0.6) is 0 Å². The number of aryl methyl sites for hydroxylation is 4. The highest BCUT2D eigenvalue weighted by atomic mass is 32.1. The molecule has 0 atom stereocenters. The molecule has 4 aromatic heterocycles. The van der Waals surface area contributed by atoms with Gasteiger partial charge in [-0.05, 0) is 98.5 Å². The Labute approximate surface area is 309 Å². The lowest BCUT2D eigenvalue weighted by Gasteiger charge is -2.25. The molecule has 0 amide bonds. The van der Waals surface area contributed by atoms with Crippen molar-refractivity contribution in [3.05, 3.63) is 118 Å². The molecule has 10 heteroatoms. The van der Waals surface area contributed by atoms with E-state index < -0.39 is 28.9 Å². The molecule has 4 aromatic carbocycles. The van der Waals surface area contributed by atoms with Gasteiger partial charge in [-0.15, -0.1) is 22.7 Å². The molecule has 0 unspecified atom stereocenters. The van der Waals surface area contributed by atoms with E-state index in [0.717, 1.165) is 79.4 Å². The fraction of sp³-hybridized carbons (Fsp3) is 0.209. The number of hydrogen-bond donors (Lipinski definition) is 0. The molecule has 0 fully saturated rings. The van der Waals surface area contributed by atoms with Gasteiger partial charge in [0.2, 0.25) is 0 Å². The highest BCUT2D eigenvalue weighted by Crippen LogP contribution is 2.66. The third-order valence-electron chi connectivity index (χ3n) is 10.8. The number of halogens is 6. The van der Waals surface area contributed by atoms with E-state index in [1.54, 1.807) is 0 Å². The number of alkyl halides is 6. The van der Waals surface area contributed by atoms with Crippen LogP contribution in [0.1, 0.15) is 34.7 Å². The minimum absolute atomic E-state index is 0.252. The molecule has 0 aliphatic heterocycles. The molecule has 0 N–H and O–H groups in total. The molecule has 0 bridgehead atoms. The Kier molecular flexibility index (Phi) is 7.44. The summed E-state index contributed by atoms with van der Waals surface area (Å²) in [4.78, 5) is 1.55. The first-order valence-corrected chi connectivity index (χ1v) is 19.1. The molecule has 268 valence electrons. The van der Waals surface area contributed by atoms with Crippen molar-refractivity contribution in [2.75, 3.05) is 0 Å². The van der Waals surface area contributed by atoms with Crippen LogP contribution in [0.2, 0.25) is 0 Å². The molecular formula is C43H32F6N2S2. The molecule has 53 heavy (non-hydrogen) atoms. The molecule has 1 aliphatic rings. The number of para-hydroxylation sites is 2. The summed E-state index contributed by atoms with van der Waals surface area (Å²) in [7, 11) is 0. The van der Waals surface area contributed by atoms with Crippen LogP contribution in [0, 0.1) is 13.8 Å². The second-order valence-corrected chi connectivity index (χ2v) is 16.1. The van der Waals surface area contributed by atoms with Crippen LogP contribution in [0.25, 0.3) is 75.6 Å². The maximum absolute atomic E-state index is 16.1. The largest absolute Gasteiger partial charge is 0.380 e. The summed E-state index contributed by atoms with van der Waals surface area (Å²) in [6, 6.07) is 30.2. The van der Waals surface area contributed by atoms with Crippen LogP contribution in [0.15, 0.2) is 97.1 Å². The van der Waals surface area contributed by atoms with E-state index in [1.807, 2.05) is 84.9 Å². The monoisotopic (exact) mass is 754 g/mol. The average Bonchev–Trinajstić information content (AvgIpc) is 3.91. The topological polar surface area (TPSA) is 9.86 Å². The minimum atomic E-state index is -5.64. The van der Waals surface area contributed by atoms with E-state index in [2.05, 4.69) is 23.0 Å². The van der Waals surface area contributed by atoms with Gasteiger partial charge in [0.05, 0.1) is 0 Å². The highest BCUT2D eigenvalue weighted by molar-refractivity contribution is 7.16. The maximum Gasteiger partial charge on any atom is 0.380 e. The SMILES string of the molecule is CCn1c2ccccc2c2cc(-c3cc(C4=C(c5cc(-c6ccc7c(c6)c6ccccc6n7CC)sc5C)C(F)(F)C(F)(F)C4(F)F)c(C)s3)ccc21. The quantitative estimate of drug-likeness (QED) is 0.150. The van der Waals surface area contributed by atoms with Crippen LogP contribution in [-0.2, 0) is 13.1 Å². The molecule has 4 heterocycles. The van der Waals surface area contributed by atoms with Crippen LogP contribution in [0.4, 0.5) is 26.3 Å². The summed E-state index contributed by atoms with van der Waals surface area (Å²) in [6.45, 7) is 8.62. The zero-order valence-corrected chi connectivity index (χ0v) is 30.8. The van der Waals surface area contributed by atoms with Gasteiger partial charge in [-0.3, -0.25) is 0 Å². The number of nitrogens with zero attached hydrogens (tertiary/aromatic N) is 2. The molecule has 8 aromatic rings. The Morgan fingerprint density at radius 2 is 0.868 bits per heavy atom. The van der Waals surface area contributed by atoms with E-state index in [-0.39, 0.29) is 20.9 Å². The third-order valence-corrected chi connectivity index (χ3v) is 13.0. The van der Waals surface area contributed by atoms with Gasteiger partial charge in [-0.1, -0.05) is 48.5 Å². The lowest BCUT2D eigenvalue weighted by Crippen LogP contribution is -2.48. The summed E-state index contributed by atoms with van der Waals surface area (Å²) in [5.74, 6) is -15.9. The molecule has 0 saturated carbocycles. The second-order valence-electron chi connectivity index (χ2n) is 13.6. The number of aromatic nitrogens is 2. The molecule has 9 rings (SSSR count). The van der Waals surface area contributed by atoms with E-state index in [9.17, 15) is 0 Å². The van der Waals surface area contributed by atoms with E-state index >= 15 is 26.3 Å². The number of allylic oxidation sites excluding steroid dienone is 2. The third kappa shape index (κ3) is 4.57. The van der Waals surface area contributed by atoms with Crippen LogP contribution >= 0.6 is 22.7 Å². The van der Waals surface area contributed by atoms with Crippen molar-refractivity contribution in [3.63, 3.8) is 0 Å². The van der Waals surface area contributed by atoms with Gasteiger partial charge in [0, 0.05) is 87.4 Å². The molecule has 0 saturated heterocycles. The lowest BCUT2D eigenvalue weighted by molar-refractivity contribution is -0.254. The van der Waals surface area contributed by atoms with Crippen molar-refractivity contribution in [2.24, 2.45) is 0 Å². The Balaban J connectivity index is 1.21. The predicted molar refractivity (Wildman–Crippen MR) is 208 cm³/mol. The van der Waals surface area contributed by atoms with Gasteiger partial charge in [0.15, 0.2) is 0 Å². The van der Waals surface area contributed by atoms with Gasteiger partial charge < -0.3 is 9.13 Å². The Hall–Kier alpha value is -4.80. The number of rotatable bonds is 6. The number of fused-ring (bicyclic) bond motifs is 6. The number of thiophene rings is 2. The Morgan fingerprint density at radius 3 is 1.26 bits per heavy atom. The van der Waals surface area contributed by atoms with Crippen LogP contribution in [-0.4, -0.2) is 26.9 Å². The summed E-state index contributed by atoms with van der Waals surface area (Å²) in [6.07, 6.45) is 0. The average molecular weight is 755 g/mol. The standard InChI is InChI=1S/C43H32F6N2S2/c1-5-50-33-13-9-7-11-27(33)31-19-25(15-17-35(31)50)37-21-29(23(3)52-37)39-40(42(46,47)43(48,49)41(39,44)45)30-22-38(53-24(30)4)26-16-18-36-32(20-26)28-12-8-10-14-34(28)51(36)6-2/h7-22H,5-6H2,1-4H3. The van der Waals surface area contributed by atoms with Gasteiger partial charge in [-0.25, -0.2) is 0 Å². The molecule has 1 aliphatic carbocycles. The van der Waals surface area contributed by atoms with Gasteiger partial charge >= 0.3 is 17.8 Å². The summed E-state index contributed by atoms with van der Waals surface area (Å²) in [5.41, 5.74) is 2.25. The maximum atomic E-state index is 16.1. The first kappa shape index (κ1) is 34.0. The fourth-order valence-electron chi connectivity index (χ4n) is 8.27. The number of benzene rings is 4. The summed E-state index contributed by atoms with van der Waals surface area (Å²) < 4.78 is 99.5. The second kappa shape index (κ2) is 11.6. The molecule has 0 radical (unpaired) electrons. The van der Waals surface area contributed by atoms with Crippen molar-refractivity contribution in [1.29, 1.82) is 0 Å². The first-order chi connectivity index (χ1) is 25.3. The van der Waals surface area contributed by atoms with Gasteiger partial charge in [0.25, 0.3) is 0 Å². The summed E-state index contributed by atoms with van der Waals surface area (Å²) >= 11 is 2.26. The van der Waals surface area contributed by atoms with Crippen molar-refractivity contribution in [3.8, 4) is 20.9 Å². The van der Waals surface area contributed by atoms with Gasteiger partial charge in [0.1, 0.15) is 0 Å². The Bertz CT molecular complexity index is 2640. The lowest BCUT2D eigenvalue weighted by atomic mass is 9.94. The van der Waals surface area contributed by atoms with E-state index in [1.165, 1.54) is 26.0 Å². The fourth-order valence-corrected chi connectivity index (χ4v) is 10.3. The van der Waals surface area contributed by atoms with Gasteiger partial charge in [-0.2, -0.15) is 26.3 Å². The molecule has 0 spiro atoms.